The van der Waals surface area contributed by atoms with Crippen molar-refractivity contribution in [3.05, 3.63) is 35.9 Å². The second kappa shape index (κ2) is 9.50. The van der Waals surface area contributed by atoms with Crippen LogP contribution in [0, 0.1) is 6.92 Å². The molecular weight excluding hydrogens is 342 g/mol. The molecule has 2 fully saturated rings. The van der Waals surface area contributed by atoms with E-state index >= 15 is 0 Å². The van der Waals surface area contributed by atoms with Crippen molar-refractivity contribution < 1.29 is 9.63 Å². The fourth-order valence-electron chi connectivity index (χ4n) is 3.76. The highest BCUT2D eigenvalue weighted by atomic mass is 32.2. The lowest BCUT2D eigenvalue weighted by molar-refractivity contribution is -0.167. The van der Waals surface area contributed by atoms with Gasteiger partial charge in [-0.15, -0.1) is 11.8 Å². The first-order chi connectivity index (χ1) is 12.6. The number of hydroxylamine groups is 2. The Morgan fingerprint density at radius 2 is 1.85 bits per heavy atom. The molecule has 0 atom stereocenters. The maximum Gasteiger partial charge on any atom is 0.255 e. The van der Waals surface area contributed by atoms with Crippen LogP contribution in [0.5, 0.6) is 0 Å². The van der Waals surface area contributed by atoms with E-state index in [-0.39, 0.29) is 5.91 Å². The van der Waals surface area contributed by atoms with Gasteiger partial charge in [0.1, 0.15) is 0 Å². The summed E-state index contributed by atoms with van der Waals surface area (Å²) in [5.74, 6) is 0.646. The van der Waals surface area contributed by atoms with E-state index < -0.39 is 0 Å². The summed E-state index contributed by atoms with van der Waals surface area (Å²) in [6, 6.07) is 6.55. The van der Waals surface area contributed by atoms with E-state index in [0.717, 1.165) is 24.0 Å². The molecule has 1 saturated carbocycles. The van der Waals surface area contributed by atoms with Gasteiger partial charge in [-0.1, -0.05) is 44.7 Å². The summed E-state index contributed by atoms with van der Waals surface area (Å²) in [5.41, 5.74) is 2.15. The van der Waals surface area contributed by atoms with Crippen LogP contribution in [-0.2, 0) is 9.63 Å². The number of amides is 1. The Balaban J connectivity index is 1.66. The van der Waals surface area contributed by atoms with Gasteiger partial charge < -0.3 is 4.84 Å². The van der Waals surface area contributed by atoms with Gasteiger partial charge in [0.25, 0.3) is 5.91 Å². The predicted octanol–water partition coefficient (Wildman–Crippen LogP) is 6.11. The molecule has 1 amide bonds. The Labute approximate surface area is 162 Å². The number of carbonyl (C=O) groups excluding carboxylic acids is 1. The van der Waals surface area contributed by atoms with Gasteiger partial charge in [-0.25, -0.2) is 0 Å². The number of nitrogens with zero attached hydrogens (tertiary/aromatic N) is 1. The lowest BCUT2D eigenvalue weighted by atomic mass is 10.0. The highest BCUT2D eigenvalue weighted by Crippen LogP contribution is 2.34. The van der Waals surface area contributed by atoms with Crippen molar-refractivity contribution in [1.29, 1.82) is 0 Å². The first-order valence-corrected chi connectivity index (χ1v) is 11.0. The Morgan fingerprint density at radius 3 is 2.58 bits per heavy atom. The van der Waals surface area contributed by atoms with Gasteiger partial charge in [0.05, 0.1) is 6.54 Å². The van der Waals surface area contributed by atoms with Crippen LogP contribution in [0.3, 0.4) is 0 Å². The number of piperidine rings is 1. The Kier molecular flexibility index (Phi) is 7.07. The SMILES string of the molecule is C=C(ON1CCCCC1=O)c1cc(SC2CCCCCCC2)ccc1C. The minimum atomic E-state index is 0.0649. The minimum Gasteiger partial charge on any atom is -0.377 e. The average Bonchev–Trinajstić information content (AvgIpc) is 2.60. The second-order valence-corrected chi connectivity index (χ2v) is 8.90. The monoisotopic (exact) mass is 373 g/mol. The topological polar surface area (TPSA) is 29.5 Å². The fraction of sp³-hybridized carbons (Fsp3) is 0.591. The van der Waals surface area contributed by atoms with E-state index in [9.17, 15) is 4.79 Å². The van der Waals surface area contributed by atoms with E-state index in [1.165, 1.54) is 54.9 Å². The summed E-state index contributed by atoms with van der Waals surface area (Å²) >= 11 is 2.00. The first-order valence-electron chi connectivity index (χ1n) is 10.1. The van der Waals surface area contributed by atoms with Crippen LogP contribution >= 0.6 is 11.8 Å². The standard InChI is InChI=1S/C22H31NO2S/c1-17-13-14-20(26-19-10-6-4-3-5-7-11-19)16-21(17)18(2)25-23-15-9-8-12-22(23)24/h13-14,16,19H,2-12,15H2,1H3. The molecule has 1 aromatic rings. The summed E-state index contributed by atoms with van der Waals surface area (Å²) in [4.78, 5) is 19.1. The quantitative estimate of drug-likeness (QED) is 0.583. The molecule has 0 radical (unpaired) electrons. The molecule has 1 aliphatic heterocycles. The molecule has 1 saturated heterocycles. The van der Waals surface area contributed by atoms with Crippen LogP contribution in [0.25, 0.3) is 5.76 Å². The van der Waals surface area contributed by atoms with Crippen molar-refractivity contribution in [2.45, 2.75) is 81.3 Å². The highest BCUT2D eigenvalue weighted by Gasteiger charge is 2.21. The van der Waals surface area contributed by atoms with Crippen LogP contribution < -0.4 is 0 Å². The largest absolute Gasteiger partial charge is 0.377 e. The van der Waals surface area contributed by atoms with Crippen molar-refractivity contribution in [1.82, 2.24) is 5.06 Å². The number of thioether (sulfide) groups is 1. The number of rotatable bonds is 5. The van der Waals surface area contributed by atoms with Crippen LogP contribution in [0.15, 0.2) is 29.7 Å². The van der Waals surface area contributed by atoms with Crippen LogP contribution in [0.2, 0.25) is 0 Å². The maximum absolute atomic E-state index is 12.0. The molecule has 4 heteroatoms. The van der Waals surface area contributed by atoms with Gasteiger partial charge in [0, 0.05) is 22.1 Å². The first kappa shape index (κ1) is 19.3. The van der Waals surface area contributed by atoms with Crippen molar-refractivity contribution in [3.8, 4) is 0 Å². The molecule has 2 aliphatic rings. The van der Waals surface area contributed by atoms with E-state index in [2.05, 4.69) is 31.7 Å². The van der Waals surface area contributed by atoms with Gasteiger partial charge in [0.15, 0.2) is 5.76 Å². The third-order valence-electron chi connectivity index (χ3n) is 5.36. The average molecular weight is 374 g/mol. The maximum atomic E-state index is 12.0. The van der Waals surface area contributed by atoms with Gasteiger partial charge >= 0.3 is 0 Å². The van der Waals surface area contributed by atoms with E-state index in [1.807, 2.05) is 11.8 Å². The smallest absolute Gasteiger partial charge is 0.255 e. The Morgan fingerprint density at radius 1 is 1.12 bits per heavy atom. The normalized spacial score (nSPS) is 19.7. The molecule has 1 aromatic carbocycles. The Hall–Kier alpha value is -1.42. The fourth-order valence-corrected chi connectivity index (χ4v) is 5.05. The molecule has 0 spiro atoms. The van der Waals surface area contributed by atoms with Crippen molar-refractivity contribution in [2.75, 3.05) is 6.54 Å². The number of hydrogen-bond donors (Lipinski definition) is 0. The molecule has 0 aromatic heterocycles. The summed E-state index contributed by atoms with van der Waals surface area (Å²) in [7, 11) is 0. The molecule has 3 rings (SSSR count). The van der Waals surface area contributed by atoms with Crippen molar-refractivity contribution in [3.63, 3.8) is 0 Å². The zero-order valence-electron chi connectivity index (χ0n) is 16.0. The van der Waals surface area contributed by atoms with Crippen LogP contribution in [0.1, 0.15) is 75.3 Å². The van der Waals surface area contributed by atoms with Crippen LogP contribution in [-0.4, -0.2) is 22.8 Å². The number of aryl methyl sites for hydroxylation is 1. The van der Waals surface area contributed by atoms with Crippen LogP contribution in [0.4, 0.5) is 0 Å². The van der Waals surface area contributed by atoms with Gasteiger partial charge in [-0.2, -0.15) is 5.06 Å². The second-order valence-electron chi connectivity index (χ2n) is 7.53. The van der Waals surface area contributed by atoms with E-state index in [1.54, 1.807) is 0 Å². The molecule has 0 bridgehead atoms. The molecule has 26 heavy (non-hydrogen) atoms. The lowest BCUT2D eigenvalue weighted by Gasteiger charge is -2.27. The lowest BCUT2D eigenvalue weighted by Crippen LogP contribution is -2.34. The van der Waals surface area contributed by atoms with Gasteiger partial charge in [0.2, 0.25) is 0 Å². The van der Waals surface area contributed by atoms with Gasteiger partial charge in [-0.3, -0.25) is 4.79 Å². The highest BCUT2D eigenvalue weighted by molar-refractivity contribution is 8.00. The summed E-state index contributed by atoms with van der Waals surface area (Å²) in [5, 5.41) is 2.20. The van der Waals surface area contributed by atoms with Crippen molar-refractivity contribution >= 4 is 23.4 Å². The molecule has 0 unspecified atom stereocenters. The van der Waals surface area contributed by atoms with Crippen molar-refractivity contribution in [2.24, 2.45) is 0 Å². The zero-order chi connectivity index (χ0) is 18.4. The predicted molar refractivity (Wildman–Crippen MR) is 109 cm³/mol. The Bertz CT molecular complexity index is 635. The summed E-state index contributed by atoms with van der Waals surface area (Å²) < 4.78 is 0. The molecule has 1 heterocycles. The molecular formula is C22H31NO2S. The number of hydrogen-bond acceptors (Lipinski definition) is 3. The van der Waals surface area contributed by atoms with Gasteiger partial charge in [-0.05, 0) is 50.3 Å². The molecule has 3 nitrogen and oxygen atoms in total. The third kappa shape index (κ3) is 5.29. The summed E-state index contributed by atoms with van der Waals surface area (Å²) in [6.45, 7) is 6.84. The summed E-state index contributed by atoms with van der Waals surface area (Å²) in [6.07, 6.45) is 12.0. The number of carbonyl (C=O) groups is 1. The third-order valence-corrected chi connectivity index (χ3v) is 6.70. The minimum absolute atomic E-state index is 0.0649. The molecule has 0 N–H and O–H groups in total. The van der Waals surface area contributed by atoms with E-state index in [0.29, 0.717) is 24.0 Å². The van der Waals surface area contributed by atoms with E-state index in [4.69, 9.17) is 4.84 Å². The number of benzene rings is 1. The molecule has 142 valence electrons. The zero-order valence-corrected chi connectivity index (χ0v) is 16.8. The molecule has 1 aliphatic carbocycles.